The molecule has 28 heavy (non-hydrogen) atoms. The van der Waals surface area contributed by atoms with Crippen LogP contribution in [0.4, 0.5) is 10.5 Å². The number of urea groups is 1. The van der Waals surface area contributed by atoms with E-state index < -0.39 is 0 Å². The van der Waals surface area contributed by atoms with Gasteiger partial charge in [-0.05, 0) is 43.0 Å². The maximum absolute atomic E-state index is 12.2. The van der Waals surface area contributed by atoms with Crippen LogP contribution in [0.5, 0.6) is 0 Å². The van der Waals surface area contributed by atoms with E-state index in [0.29, 0.717) is 24.8 Å². The highest BCUT2D eigenvalue weighted by atomic mass is 32.1. The van der Waals surface area contributed by atoms with Gasteiger partial charge in [0.05, 0.1) is 11.4 Å². The summed E-state index contributed by atoms with van der Waals surface area (Å²) >= 11 is 1.59. The van der Waals surface area contributed by atoms with Gasteiger partial charge in [-0.1, -0.05) is 35.8 Å². The third-order valence-electron chi connectivity index (χ3n) is 4.83. The van der Waals surface area contributed by atoms with E-state index in [1.165, 1.54) is 0 Å². The number of para-hydroxylation sites is 1. The van der Waals surface area contributed by atoms with Gasteiger partial charge in [-0.15, -0.1) is 11.3 Å². The smallest absolute Gasteiger partial charge is 0.319 e. The monoisotopic (exact) mass is 397 g/mol. The fraction of sp³-hybridized carbons (Fsp3) is 0.350. The van der Waals surface area contributed by atoms with Crippen LogP contribution in [0.15, 0.2) is 52.4 Å². The van der Waals surface area contributed by atoms with Gasteiger partial charge in [-0.2, -0.15) is 4.98 Å². The summed E-state index contributed by atoms with van der Waals surface area (Å²) in [4.78, 5) is 20.0. The highest BCUT2D eigenvalue weighted by molar-refractivity contribution is 7.13. The van der Waals surface area contributed by atoms with Crippen molar-refractivity contribution >= 4 is 23.1 Å². The number of aromatic nitrogens is 2. The summed E-state index contributed by atoms with van der Waals surface area (Å²) in [5.74, 6) is 1.25. The van der Waals surface area contributed by atoms with Gasteiger partial charge in [0.2, 0.25) is 11.7 Å². The number of hydrogen-bond donors (Lipinski definition) is 2. The molecule has 4 rings (SSSR count). The molecule has 1 aromatic carbocycles. The molecule has 1 aliphatic heterocycles. The number of nitrogens with zero attached hydrogens (tertiary/aromatic N) is 3. The molecule has 0 spiro atoms. The SMILES string of the molecule is O=C(NCC1CCCCN1Cc1nc(-c2cccs2)no1)Nc1ccccc1. The van der Waals surface area contributed by atoms with E-state index in [9.17, 15) is 4.79 Å². The minimum Gasteiger partial charge on any atom is -0.338 e. The van der Waals surface area contributed by atoms with Crippen LogP contribution in [-0.4, -0.2) is 40.2 Å². The first-order chi connectivity index (χ1) is 13.8. The number of carbonyl (C=O) groups is 1. The van der Waals surface area contributed by atoms with Crippen LogP contribution < -0.4 is 10.6 Å². The van der Waals surface area contributed by atoms with Crippen LogP contribution in [0.1, 0.15) is 25.2 Å². The molecule has 0 radical (unpaired) electrons. The molecule has 0 aliphatic carbocycles. The average Bonchev–Trinajstić information content (AvgIpc) is 3.40. The fourth-order valence-corrected chi connectivity index (χ4v) is 4.05. The quantitative estimate of drug-likeness (QED) is 0.657. The van der Waals surface area contributed by atoms with E-state index in [0.717, 1.165) is 36.4 Å². The van der Waals surface area contributed by atoms with Crippen molar-refractivity contribution in [1.29, 1.82) is 0 Å². The maximum atomic E-state index is 12.2. The van der Waals surface area contributed by atoms with E-state index in [4.69, 9.17) is 4.52 Å². The Morgan fingerprint density at radius 1 is 1.21 bits per heavy atom. The molecule has 2 amide bonds. The number of nitrogens with one attached hydrogen (secondary N) is 2. The van der Waals surface area contributed by atoms with Crippen LogP contribution in [0.3, 0.4) is 0 Å². The molecule has 2 aromatic heterocycles. The molecular formula is C20H23N5O2S. The number of piperidine rings is 1. The van der Waals surface area contributed by atoms with Crippen molar-refractivity contribution in [3.05, 3.63) is 53.7 Å². The zero-order valence-electron chi connectivity index (χ0n) is 15.5. The van der Waals surface area contributed by atoms with Gasteiger partial charge in [-0.25, -0.2) is 4.79 Å². The molecule has 1 saturated heterocycles. The Hall–Kier alpha value is -2.71. The molecule has 1 unspecified atom stereocenters. The molecule has 1 fully saturated rings. The van der Waals surface area contributed by atoms with E-state index in [1.807, 2.05) is 47.8 Å². The molecule has 8 heteroatoms. The lowest BCUT2D eigenvalue weighted by molar-refractivity contribution is 0.123. The second-order valence-electron chi connectivity index (χ2n) is 6.81. The van der Waals surface area contributed by atoms with Gasteiger partial charge in [0.25, 0.3) is 0 Å². The Kier molecular flexibility index (Phi) is 5.98. The van der Waals surface area contributed by atoms with Gasteiger partial charge in [0.15, 0.2) is 0 Å². The van der Waals surface area contributed by atoms with Gasteiger partial charge in [-0.3, -0.25) is 4.90 Å². The first-order valence-electron chi connectivity index (χ1n) is 9.48. The number of carbonyl (C=O) groups excluding carboxylic acids is 1. The first-order valence-corrected chi connectivity index (χ1v) is 10.4. The van der Waals surface area contributed by atoms with Gasteiger partial charge >= 0.3 is 6.03 Å². The Morgan fingerprint density at radius 2 is 2.11 bits per heavy atom. The first kappa shape index (κ1) is 18.6. The number of amides is 2. The van der Waals surface area contributed by atoms with Gasteiger partial charge in [0, 0.05) is 18.3 Å². The third kappa shape index (κ3) is 4.76. The summed E-state index contributed by atoms with van der Waals surface area (Å²) in [5, 5.41) is 11.9. The molecular weight excluding hydrogens is 374 g/mol. The highest BCUT2D eigenvalue weighted by Gasteiger charge is 2.25. The number of benzene rings is 1. The number of hydrogen-bond acceptors (Lipinski definition) is 6. The number of rotatable bonds is 6. The highest BCUT2D eigenvalue weighted by Crippen LogP contribution is 2.23. The molecule has 146 valence electrons. The zero-order valence-corrected chi connectivity index (χ0v) is 16.3. The molecule has 1 atom stereocenters. The molecule has 3 aromatic rings. The van der Waals surface area contributed by atoms with Gasteiger partial charge < -0.3 is 15.2 Å². The molecule has 7 nitrogen and oxygen atoms in total. The van der Waals surface area contributed by atoms with Gasteiger partial charge in [0.1, 0.15) is 0 Å². The number of anilines is 1. The summed E-state index contributed by atoms with van der Waals surface area (Å²) in [7, 11) is 0. The predicted octanol–water partition coefficient (Wildman–Crippen LogP) is 3.97. The zero-order chi connectivity index (χ0) is 19.2. The van der Waals surface area contributed by atoms with E-state index in [-0.39, 0.29) is 12.1 Å². The number of thiophene rings is 1. The summed E-state index contributed by atoms with van der Waals surface area (Å²) < 4.78 is 5.45. The third-order valence-corrected chi connectivity index (χ3v) is 5.69. The minimum atomic E-state index is -0.186. The lowest BCUT2D eigenvalue weighted by Crippen LogP contribution is -2.47. The molecule has 2 N–H and O–H groups in total. The largest absolute Gasteiger partial charge is 0.338 e. The topological polar surface area (TPSA) is 83.3 Å². The molecule has 0 saturated carbocycles. The van der Waals surface area contributed by atoms with E-state index in [1.54, 1.807) is 11.3 Å². The van der Waals surface area contributed by atoms with E-state index in [2.05, 4.69) is 25.7 Å². The Labute approximate surface area is 167 Å². The Morgan fingerprint density at radius 3 is 2.93 bits per heavy atom. The van der Waals surface area contributed by atoms with E-state index >= 15 is 0 Å². The molecule has 0 bridgehead atoms. The standard InChI is InChI=1S/C20H23N5O2S/c26-20(22-15-7-2-1-3-8-15)21-13-16-9-4-5-11-25(16)14-18-23-19(24-27-18)17-10-6-12-28-17/h1-3,6-8,10,12,16H,4-5,9,11,13-14H2,(H2,21,22,26). The fourth-order valence-electron chi connectivity index (χ4n) is 3.41. The summed E-state index contributed by atoms with van der Waals surface area (Å²) in [6.45, 7) is 2.15. The molecule has 3 heterocycles. The minimum absolute atomic E-state index is 0.186. The van der Waals surface area contributed by atoms with Crippen LogP contribution in [0.2, 0.25) is 0 Å². The average molecular weight is 398 g/mol. The molecule has 1 aliphatic rings. The van der Waals surface area contributed by atoms with Crippen LogP contribution in [0.25, 0.3) is 10.7 Å². The van der Waals surface area contributed by atoms with Crippen molar-refractivity contribution in [2.75, 3.05) is 18.4 Å². The van der Waals surface area contributed by atoms with Crippen LogP contribution >= 0.6 is 11.3 Å². The van der Waals surface area contributed by atoms with Crippen molar-refractivity contribution in [2.45, 2.75) is 31.8 Å². The summed E-state index contributed by atoms with van der Waals surface area (Å²) in [5.41, 5.74) is 0.785. The van der Waals surface area contributed by atoms with Crippen molar-refractivity contribution in [2.24, 2.45) is 0 Å². The van der Waals surface area contributed by atoms with Crippen LogP contribution in [-0.2, 0) is 6.54 Å². The van der Waals surface area contributed by atoms with Crippen molar-refractivity contribution in [3.63, 3.8) is 0 Å². The lowest BCUT2D eigenvalue weighted by atomic mass is 10.0. The number of likely N-dealkylation sites (tertiary alicyclic amines) is 1. The summed E-state index contributed by atoms with van der Waals surface area (Å²) in [6, 6.07) is 13.5. The Bertz CT molecular complexity index is 881. The predicted molar refractivity (Wildman–Crippen MR) is 109 cm³/mol. The Balaban J connectivity index is 1.32. The van der Waals surface area contributed by atoms with Crippen LogP contribution in [0, 0.1) is 0 Å². The second kappa shape index (κ2) is 8.99. The second-order valence-corrected chi connectivity index (χ2v) is 7.76. The lowest BCUT2D eigenvalue weighted by Gasteiger charge is -2.34. The maximum Gasteiger partial charge on any atom is 0.319 e. The van der Waals surface area contributed by atoms with Crippen molar-refractivity contribution < 1.29 is 9.32 Å². The van der Waals surface area contributed by atoms with Crippen molar-refractivity contribution in [1.82, 2.24) is 20.4 Å². The normalized spacial score (nSPS) is 17.4. The van der Waals surface area contributed by atoms with Crippen molar-refractivity contribution in [3.8, 4) is 10.7 Å². The summed E-state index contributed by atoms with van der Waals surface area (Å²) in [6.07, 6.45) is 3.34.